The highest BCUT2D eigenvalue weighted by molar-refractivity contribution is 5.60. The molecule has 0 atom stereocenters. The number of hydrogen-bond donors (Lipinski definition) is 1. The zero-order valence-corrected chi connectivity index (χ0v) is 22.1. The third-order valence-corrected chi connectivity index (χ3v) is 7.30. The minimum atomic E-state index is -0.643. The fourth-order valence-corrected chi connectivity index (χ4v) is 5.39. The molecule has 40 heavy (non-hydrogen) atoms. The highest BCUT2D eigenvalue weighted by Crippen LogP contribution is 2.40. The first kappa shape index (κ1) is 25.5. The first-order valence-corrected chi connectivity index (χ1v) is 13.5. The molecule has 0 aliphatic rings. The molecule has 5 aromatic carbocycles. The van der Waals surface area contributed by atoms with Gasteiger partial charge in [-0.3, -0.25) is 4.68 Å². The smallest absolute Gasteiger partial charge is 0.138 e. The zero-order chi connectivity index (χ0) is 27.2. The molecule has 6 rings (SSSR count). The molecule has 0 amide bonds. The van der Waals surface area contributed by atoms with E-state index in [-0.39, 0.29) is 5.82 Å². The van der Waals surface area contributed by atoms with Crippen LogP contribution in [0, 0.1) is 5.82 Å². The topological polar surface area (TPSA) is 29.9 Å². The van der Waals surface area contributed by atoms with Gasteiger partial charge in [0.25, 0.3) is 0 Å². The van der Waals surface area contributed by atoms with E-state index in [4.69, 9.17) is 5.10 Å². The van der Waals surface area contributed by atoms with E-state index in [2.05, 4.69) is 119 Å². The number of nitrogens with one attached hydrogen (secondary N) is 1. The Labute approximate surface area is 234 Å². The molecule has 0 aliphatic heterocycles. The Kier molecular flexibility index (Phi) is 7.34. The molecule has 0 saturated carbocycles. The van der Waals surface area contributed by atoms with E-state index in [1.807, 2.05) is 30.3 Å². The molecule has 6 aromatic rings. The van der Waals surface area contributed by atoms with Crippen LogP contribution in [0.5, 0.6) is 0 Å². The monoisotopic (exact) mass is 523 g/mol. The first-order valence-electron chi connectivity index (χ1n) is 13.5. The molecule has 4 heteroatoms. The highest BCUT2D eigenvalue weighted by Gasteiger charge is 2.39. The van der Waals surface area contributed by atoms with E-state index in [0.717, 1.165) is 39.1 Å². The van der Waals surface area contributed by atoms with Gasteiger partial charge in [-0.2, -0.15) is 5.10 Å². The van der Waals surface area contributed by atoms with Crippen molar-refractivity contribution >= 4 is 0 Å². The largest absolute Gasteiger partial charge is 0.309 e. The van der Waals surface area contributed by atoms with Crippen LogP contribution >= 0.6 is 0 Å². The van der Waals surface area contributed by atoms with E-state index < -0.39 is 5.54 Å². The number of benzene rings is 5. The van der Waals surface area contributed by atoms with Crippen molar-refractivity contribution in [2.45, 2.75) is 18.6 Å². The molecule has 0 radical (unpaired) electrons. The van der Waals surface area contributed by atoms with Crippen LogP contribution in [0.4, 0.5) is 4.39 Å². The Balaban J connectivity index is 1.36. The van der Waals surface area contributed by atoms with Crippen molar-refractivity contribution in [3.05, 3.63) is 185 Å². The lowest BCUT2D eigenvalue weighted by Gasteiger charge is -2.36. The van der Waals surface area contributed by atoms with Gasteiger partial charge in [-0.05, 0) is 52.1 Å². The molecule has 0 spiro atoms. The molecule has 196 valence electrons. The molecule has 0 bridgehead atoms. The van der Waals surface area contributed by atoms with Crippen LogP contribution in [-0.4, -0.2) is 9.78 Å². The SMILES string of the molecule is Fc1ccc(CNCc2cccc(-c3ccn(C(c4ccccc4)(c4ccccc4)c4ccccc4)n3)c2)cc1. The maximum atomic E-state index is 13.2. The molecule has 1 aromatic heterocycles. The lowest BCUT2D eigenvalue weighted by Crippen LogP contribution is -2.38. The van der Waals surface area contributed by atoms with E-state index in [1.54, 1.807) is 0 Å². The van der Waals surface area contributed by atoms with Crippen molar-refractivity contribution < 1.29 is 4.39 Å². The first-order chi connectivity index (χ1) is 19.7. The third-order valence-electron chi connectivity index (χ3n) is 7.30. The van der Waals surface area contributed by atoms with Crippen LogP contribution < -0.4 is 5.32 Å². The standard InChI is InChI=1S/C36H30FN3/c37-34-21-19-28(20-22-34)26-38-27-29-11-10-12-30(25-29)35-23-24-40(39-35)36(31-13-4-1-5-14-31,32-15-6-2-7-16-32)33-17-8-3-9-18-33/h1-25,38H,26-27H2. The summed E-state index contributed by atoms with van der Waals surface area (Å²) in [4.78, 5) is 0. The molecule has 3 nitrogen and oxygen atoms in total. The van der Waals surface area contributed by atoms with Crippen LogP contribution in [0.2, 0.25) is 0 Å². The van der Waals surface area contributed by atoms with Gasteiger partial charge in [0.15, 0.2) is 0 Å². The number of nitrogens with zero attached hydrogens (tertiary/aromatic N) is 2. The molecular formula is C36H30FN3. The minimum absolute atomic E-state index is 0.216. The minimum Gasteiger partial charge on any atom is -0.309 e. The van der Waals surface area contributed by atoms with Crippen LogP contribution in [0.1, 0.15) is 27.8 Å². The van der Waals surface area contributed by atoms with Gasteiger partial charge in [0.1, 0.15) is 11.4 Å². The predicted octanol–water partition coefficient (Wildman–Crippen LogP) is 7.82. The Hall–Kier alpha value is -4.80. The summed E-state index contributed by atoms with van der Waals surface area (Å²) in [6, 6.07) is 48.9. The average molecular weight is 524 g/mol. The van der Waals surface area contributed by atoms with Crippen LogP contribution in [0.15, 0.2) is 152 Å². The van der Waals surface area contributed by atoms with Gasteiger partial charge >= 0.3 is 0 Å². The second-order valence-electron chi connectivity index (χ2n) is 9.88. The molecular weight excluding hydrogens is 493 g/mol. The molecule has 0 fully saturated rings. The number of hydrogen-bond acceptors (Lipinski definition) is 2. The second-order valence-corrected chi connectivity index (χ2v) is 9.88. The second kappa shape index (κ2) is 11.5. The molecule has 0 aliphatic carbocycles. The van der Waals surface area contributed by atoms with Crippen LogP contribution in [0.25, 0.3) is 11.3 Å². The summed E-state index contributed by atoms with van der Waals surface area (Å²) in [6.07, 6.45) is 2.09. The number of rotatable bonds is 9. The molecule has 1 heterocycles. The Morgan fingerprint density at radius 1 is 0.575 bits per heavy atom. The summed E-state index contributed by atoms with van der Waals surface area (Å²) in [6.45, 7) is 1.38. The quantitative estimate of drug-likeness (QED) is 0.196. The lowest BCUT2D eigenvalue weighted by atomic mass is 9.77. The van der Waals surface area contributed by atoms with Gasteiger partial charge in [-0.15, -0.1) is 0 Å². The van der Waals surface area contributed by atoms with Crippen LogP contribution in [0.3, 0.4) is 0 Å². The Morgan fingerprint density at radius 3 is 1.70 bits per heavy atom. The fourth-order valence-electron chi connectivity index (χ4n) is 5.39. The van der Waals surface area contributed by atoms with Crippen molar-refractivity contribution in [1.82, 2.24) is 15.1 Å². The van der Waals surface area contributed by atoms with Crippen LogP contribution in [-0.2, 0) is 18.6 Å². The Morgan fingerprint density at radius 2 is 1.12 bits per heavy atom. The normalized spacial score (nSPS) is 11.4. The highest BCUT2D eigenvalue weighted by atomic mass is 19.1. The third kappa shape index (κ3) is 5.09. The average Bonchev–Trinajstić information content (AvgIpc) is 3.51. The van der Waals surface area contributed by atoms with Crippen molar-refractivity contribution in [2.24, 2.45) is 0 Å². The van der Waals surface area contributed by atoms with Crippen molar-refractivity contribution in [1.29, 1.82) is 0 Å². The molecule has 0 saturated heterocycles. The summed E-state index contributed by atoms with van der Waals surface area (Å²) < 4.78 is 15.3. The molecule has 1 N–H and O–H groups in total. The van der Waals surface area contributed by atoms with Gasteiger partial charge in [-0.25, -0.2) is 4.39 Å². The zero-order valence-electron chi connectivity index (χ0n) is 22.1. The van der Waals surface area contributed by atoms with E-state index in [1.165, 1.54) is 12.1 Å². The maximum absolute atomic E-state index is 13.2. The van der Waals surface area contributed by atoms with E-state index in [9.17, 15) is 4.39 Å². The summed E-state index contributed by atoms with van der Waals surface area (Å²) in [7, 11) is 0. The van der Waals surface area contributed by atoms with Gasteiger partial charge in [0, 0.05) is 24.8 Å². The lowest BCUT2D eigenvalue weighted by molar-refractivity contribution is 0.461. The molecule has 0 unspecified atom stereocenters. The van der Waals surface area contributed by atoms with Gasteiger partial charge < -0.3 is 5.32 Å². The van der Waals surface area contributed by atoms with Crippen molar-refractivity contribution in [3.63, 3.8) is 0 Å². The number of aromatic nitrogens is 2. The van der Waals surface area contributed by atoms with Gasteiger partial charge in [-0.1, -0.05) is 121 Å². The van der Waals surface area contributed by atoms with Gasteiger partial charge in [0.05, 0.1) is 5.69 Å². The van der Waals surface area contributed by atoms with Crippen molar-refractivity contribution in [2.75, 3.05) is 0 Å². The number of halogens is 1. The van der Waals surface area contributed by atoms with Gasteiger partial charge in [0.2, 0.25) is 0 Å². The Bertz CT molecular complexity index is 1560. The van der Waals surface area contributed by atoms with Crippen molar-refractivity contribution in [3.8, 4) is 11.3 Å². The van der Waals surface area contributed by atoms with E-state index in [0.29, 0.717) is 13.1 Å². The summed E-state index contributed by atoms with van der Waals surface area (Å²) >= 11 is 0. The summed E-state index contributed by atoms with van der Waals surface area (Å²) in [5.74, 6) is -0.216. The maximum Gasteiger partial charge on any atom is 0.138 e. The predicted molar refractivity (Wildman–Crippen MR) is 159 cm³/mol. The summed E-state index contributed by atoms with van der Waals surface area (Å²) in [5, 5.41) is 8.68. The fraction of sp³-hybridized carbons (Fsp3) is 0.0833. The van der Waals surface area contributed by atoms with E-state index >= 15 is 0 Å². The summed E-state index contributed by atoms with van der Waals surface area (Å²) in [5.41, 5.74) is 6.96.